The third kappa shape index (κ3) is 4.52. The van der Waals surface area contributed by atoms with Crippen LogP contribution in [0.2, 0.25) is 0 Å². The van der Waals surface area contributed by atoms with E-state index >= 15 is 0 Å². The number of methoxy groups -OCH3 is 2. The number of anilines is 2. The zero-order chi connectivity index (χ0) is 24.2. The molecule has 4 aromatic carbocycles. The minimum absolute atomic E-state index is 0.0216. The summed E-state index contributed by atoms with van der Waals surface area (Å²) in [5, 5.41) is 5.91. The topological polar surface area (TPSA) is 93.7 Å². The van der Waals surface area contributed by atoms with Crippen molar-refractivity contribution in [1.82, 2.24) is 5.32 Å². The Morgan fingerprint density at radius 2 is 1.56 bits per heavy atom. The first-order valence-electron chi connectivity index (χ1n) is 10.4. The van der Waals surface area contributed by atoms with Gasteiger partial charge in [0, 0.05) is 11.3 Å². The number of halogens is 1. The lowest BCUT2D eigenvalue weighted by Crippen LogP contribution is -2.34. The van der Waals surface area contributed by atoms with E-state index in [1.54, 1.807) is 37.4 Å². The molecule has 8 heteroatoms. The third-order valence-corrected chi connectivity index (χ3v) is 5.39. The molecule has 34 heavy (non-hydrogen) atoms. The van der Waals surface area contributed by atoms with Crippen molar-refractivity contribution in [3.63, 3.8) is 0 Å². The largest absolute Gasteiger partial charge is 0.497 e. The molecule has 0 aliphatic heterocycles. The van der Waals surface area contributed by atoms with Gasteiger partial charge in [0.15, 0.2) is 5.75 Å². The highest BCUT2D eigenvalue weighted by Crippen LogP contribution is 2.29. The van der Waals surface area contributed by atoms with Crippen molar-refractivity contribution in [2.75, 3.05) is 19.5 Å². The molecule has 0 aliphatic rings. The maximum Gasteiger partial charge on any atom is 0.272 e. The molecule has 172 valence electrons. The van der Waals surface area contributed by atoms with Crippen LogP contribution < -0.4 is 31.0 Å². The van der Waals surface area contributed by atoms with Crippen LogP contribution in [0.4, 0.5) is 15.8 Å². The molecule has 0 heterocycles. The summed E-state index contributed by atoms with van der Waals surface area (Å²) in [6, 6.07) is 19.0. The monoisotopic (exact) mass is 460 g/mol. The van der Waals surface area contributed by atoms with E-state index in [1.165, 1.54) is 31.4 Å². The van der Waals surface area contributed by atoms with E-state index in [4.69, 9.17) is 9.47 Å². The van der Waals surface area contributed by atoms with Crippen LogP contribution in [-0.4, -0.2) is 20.1 Å². The van der Waals surface area contributed by atoms with Crippen LogP contribution in [0.5, 0.6) is 11.5 Å². The van der Waals surface area contributed by atoms with Crippen molar-refractivity contribution >= 4 is 17.3 Å². The molecule has 0 saturated heterocycles. The fourth-order valence-electron chi connectivity index (χ4n) is 3.59. The lowest BCUT2D eigenvalue weighted by Gasteiger charge is -2.21. The first-order chi connectivity index (χ1) is 16.4. The van der Waals surface area contributed by atoms with Crippen molar-refractivity contribution in [2.45, 2.75) is 6.04 Å². The van der Waals surface area contributed by atoms with E-state index in [2.05, 4.69) is 10.6 Å². The number of amides is 1. The van der Waals surface area contributed by atoms with E-state index in [9.17, 15) is 18.8 Å². The molecule has 2 N–H and O–H groups in total. The average Bonchev–Trinajstić information content (AvgIpc) is 2.87. The molecule has 0 saturated carbocycles. The Balaban J connectivity index is 1.68. The number of carbonyl (C=O) groups is 1. The molecule has 0 fully saturated rings. The van der Waals surface area contributed by atoms with Gasteiger partial charge in [-0.25, -0.2) is 4.39 Å². The molecular weight excluding hydrogens is 439 g/mol. The minimum Gasteiger partial charge on any atom is -0.497 e. The molecule has 0 spiro atoms. The molecule has 1 atom stereocenters. The fraction of sp³-hybridized carbons (Fsp3) is 0.115. The Morgan fingerprint density at radius 3 is 2.21 bits per heavy atom. The quantitative estimate of drug-likeness (QED) is 0.390. The summed E-state index contributed by atoms with van der Waals surface area (Å²) >= 11 is 0. The summed E-state index contributed by atoms with van der Waals surface area (Å²) in [6.07, 6.45) is 0. The third-order valence-electron chi connectivity index (χ3n) is 5.39. The summed E-state index contributed by atoms with van der Waals surface area (Å²) in [7, 11) is 2.88. The smallest absolute Gasteiger partial charge is 0.272 e. The zero-order valence-corrected chi connectivity index (χ0v) is 18.4. The Labute approximate surface area is 194 Å². The highest BCUT2D eigenvalue weighted by atomic mass is 19.1. The maximum atomic E-state index is 13.3. The van der Waals surface area contributed by atoms with E-state index < -0.39 is 22.7 Å². The van der Waals surface area contributed by atoms with Crippen molar-refractivity contribution in [3.8, 4) is 11.5 Å². The predicted octanol–water partition coefficient (Wildman–Crippen LogP) is 3.70. The summed E-state index contributed by atoms with van der Waals surface area (Å²) in [5.74, 6) is -0.180. The van der Waals surface area contributed by atoms with Crippen LogP contribution >= 0.6 is 0 Å². The number of rotatable bonds is 8. The Bertz CT molecular complexity index is 1390. The molecule has 0 radical (unpaired) electrons. The van der Waals surface area contributed by atoms with Crippen LogP contribution in [0, 0.1) is 5.82 Å². The van der Waals surface area contributed by atoms with E-state index in [0.29, 0.717) is 22.6 Å². The maximum absolute atomic E-state index is 13.3. The summed E-state index contributed by atoms with van der Waals surface area (Å²) < 4.78 is 23.5. The van der Waals surface area contributed by atoms with Gasteiger partial charge in [0.1, 0.15) is 17.3 Å². The Morgan fingerprint density at radius 1 is 0.853 bits per heavy atom. The van der Waals surface area contributed by atoms with Gasteiger partial charge in [-0.15, -0.1) is 0 Å². The van der Waals surface area contributed by atoms with Gasteiger partial charge in [-0.1, -0.05) is 24.3 Å². The minimum atomic E-state index is -0.677. The molecule has 1 unspecified atom stereocenters. The number of hydrogen-bond acceptors (Lipinski definition) is 6. The van der Waals surface area contributed by atoms with Crippen LogP contribution in [-0.2, 0) is 0 Å². The molecule has 0 aromatic heterocycles. The van der Waals surface area contributed by atoms with Crippen molar-refractivity contribution in [1.29, 1.82) is 0 Å². The number of hydrogen-bond donors (Lipinski definition) is 2. The SMILES string of the molecule is COc1ccc(C(NC(=O)c2ccc(F)cc2)c2cccc(Nc3c(OC)c(=O)c3=O)c2)cc1. The van der Waals surface area contributed by atoms with E-state index in [1.807, 2.05) is 18.2 Å². The van der Waals surface area contributed by atoms with Gasteiger partial charge in [-0.05, 0) is 59.7 Å². The normalized spacial score (nSPS) is 11.6. The van der Waals surface area contributed by atoms with Gasteiger partial charge >= 0.3 is 0 Å². The number of carbonyl (C=O) groups excluding carboxylic acids is 1. The summed E-state index contributed by atoms with van der Waals surface area (Å²) in [5.41, 5.74) is 1.09. The van der Waals surface area contributed by atoms with Gasteiger partial charge in [0.25, 0.3) is 16.8 Å². The molecule has 4 rings (SSSR count). The fourth-order valence-corrected chi connectivity index (χ4v) is 3.59. The second-order valence-electron chi connectivity index (χ2n) is 7.50. The van der Waals surface area contributed by atoms with Crippen LogP contribution in [0.3, 0.4) is 0 Å². The molecule has 0 aliphatic carbocycles. The van der Waals surface area contributed by atoms with Gasteiger partial charge in [-0.3, -0.25) is 14.4 Å². The van der Waals surface area contributed by atoms with Crippen LogP contribution in [0.25, 0.3) is 0 Å². The lowest BCUT2D eigenvalue weighted by atomic mass is 9.97. The highest BCUT2D eigenvalue weighted by Gasteiger charge is 2.23. The molecule has 0 bridgehead atoms. The number of benzene rings is 3. The standard InChI is InChI=1S/C26H21FN2O5/c1-33-20-12-8-15(9-13-20)21(29-26(32)16-6-10-18(27)11-7-16)17-4-3-5-19(14-17)28-22-23(30)24(31)25(22)34-2/h3-14,21,28H,1-2H3,(H,29,32). The van der Waals surface area contributed by atoms with Crippen LogP contribution in [0.1, 0.15) is 27.5 Å². The van der Waals surface area contributed by atoms with Gasteiger partial charge in [0.05, 0.1) is 20.3 Å². The predicted molar refractivity (Wildman–Crippen MR) is 126 cm³/mol. The first kappa shape index (κ1) is 22.7. The summed E-state index contributed by atoms with van der Waals surface area (Å²) in [6.45, 7) is 0. The highest BCUT2D eigenvalue weighted by molar-refractivity contribution is 5.94. The molecule has 1 amide bonds. The number of ether oxygens (including phenoxy) is 2. The van der Waals surface area contributed by atoms with Crippen molar-refractivity contribution in [3.05, 3.63) is 116 Å². The number of nitrogens with one attached hydrogen (secondary N) is 2. The van der Waals surface area contributed by atoms with Crippen LogP contribution in [0.15, 0.2) is 82.4 Å². The molecule has 7 nitrogen and oxygen atoms in total. The van der Waals surface area contributed by atoms with Gasteiger partial charge in [-0.2, -0.15) is 0 Å². The van der Waals surface area contributed by atoms with Crippen molar-refractivity contribution in [2.24, 2.45) is 0 Å². The summed E-state index contributed by atoms with van der Waals surface area (Å²) in [4.78, 5) is 36.5. The Kier molecular flexibility index (Phi) is 6.40. The second kappa shape index (κ2) is 9.58. The van der Waals surface area contributed by atoms with Gasteiger partial charge < -0.3 is 20.1 Å². The van der Waals surface area contributed by atoms with Gasteiger partial charge in [0.2, 0.25) is 0 Å². The molecule has 4 aromatic rings. The first-order valence-corrected chi connectivity index (χ1v) is 10.4. The molecular formula is C26H21FN2O5. The van der Waals surface area contributed by atoms with Crippen molar-refractivity contribution < 1.29 is 18.7 Å². The zero-order valence-electron chi connectivity index (χ0n) is 18.4. The van der Waals surface area contributed by atoms with E-state index in [0.717, 1.165) is 5.56 Å². The lowest BCUT2D eigenvalue weighted by molar-refractivity contribution is 0.0943. The Hall–Kier alpha value is -4.46. The van der Waals surface area contributed by atoms with E-state index in [-0.39, 0.29) is 17.3 Å². The average molecular weight is 460 g/mol. The second-order valence-corrected chi connectivity index (χ2v) is 7.50.